The Morgan fingerprint density at radius 2 is 2.29 bits per heavy atom. The summed E-state index contributed by atoms with van der Waals surface area (Å²) in [6, 6.07) is 3.43. The number of carbonyl (C=O) groups excluding carboxylic acids is 1. The molecule has 5 heteroatoms. The normalized spacial score (nSPS) is 15.4. The Bertz CT molecular complexity index is 465. The van der Waals surface area contributed by atoms with Crippen LogP contribution < -0.4 is 0 Å². The highest BCUT2D eigenvalue weighted by Gasteiger charge is 2.14. The second-order valence-electron chi connectivity index (χ2n) is 3.94. The summed E-state index contributed by atoms with van der Waals surface area (Å²) in [6.07, 6.45) is 4.48. The number of nitrogens with zero attached hydrogens (tertiary/aromatic N) is 3. The van der Waals surface area contributed by atoms with Gasteiger partial charge in [-0.15, -0.1) is 4.91 Å². The lowest BCUT2D eigenvalue weighted by Gasteiger charge is -2.25. The van der Waals surface area contributed by atoms with Crippen molar-refractivity contribution < 1.29 is 4.79 Å². The summed E-state index contributed by atoms with van der Waals surface area (Å²) in [5, 5.41) is 2.76. The quantitative estimate of drug-likeness (QED) is 0.732. The molecular weight excluding hydrogens is 218 g/mol. The van der Waals surface area contributed by atoms with Gasteiger partial charge in [0.05, 0.1) is 0 Å². The van der Waals surface area contributed by atoms with Gasteiger partial charge in [0.1, 0.15) is 0 Å². The lowest BCUT2D eigenvalue weighted by molar-refractivity contribution is -0.128. The van der Waals surface area contributed by atoms with Crippen molar-refractivity contribution in [2.24, 2.45) is 5.18 Å². The van der Waals surface area contributed by atoms with Gasteiger partial charge in [-0.25, -0.2) is 4.98 Å². The van der Waals surface area contributed by atoms with E-state index in [4.69, 9.17) is 0 Å². The predicted octanol–water partition coefficient (Wildman–Crippen LogP) is 2.12. The zero-order valence-corrected chi connectivity index (χ0v) is 9.59. The van der Waals surface area contributed by atoms with Gasteiger partial charge in [0.15, 0.2) is 5.82 Å². The topological polar surface area (TPSA) is 62.6 Å². The molecule has 17 heavy (non-hydrogen) atoms. The molecule has 1 aliphatic rings. The monoisotopic (exact) mass is 231 g/mol. The van der Waals surface area contributed by atoms with Gasteiger partial charge in [-0.05, 0) is 34.9 Å². The van der Waals surface area contributed by atoms with Crippen LogP contribution in [0.1, 0.15) is 18.9 Å². The molecule has 88 valence electrons. The molecule has 5 nitrogen and oxygen atoms in total. The average Bonchev–Trinajstić information content (AvgIpc) is 2.39. The van der Waals surface area contributed by atoms with Crippen LogP contribution in [0.3, 0.4) is 0 Å². The molecule has 0 saturated heterocycles. The van der Waals surface area contributed by atoms with Crippen LogP contribution in [-0.4, -0.2) is 28.9 Å². The van der Waals surface area contributed by atoms with E-state index in [0.717, 1.165) is 24.1 Å². The van der Waals surface area contributed by atoms with Gasteiger partial charge in [-0.3, -0.25) is 4.79 Å². The molecule has 0 radical (unpaired) electrons. The Kier molecular flexibility index (Phi) is 3.27. The molecule has 1 amide bonds. The van der Waals surface area contributed by atoms with Gasteiger partial charge < -0.3 is 4.90 Å². The highest BCUT2D eigenvalue weighted by atomic mass is 16.3. The van der Waals surface area contributed by atoms with E-state index < -0.39 is 0 Å². The summed E-state index contributed by atoms with van der Waals surface area (Å²) in [4.78, 5) is 27.1. The standard InChI is InChI=1S/C12H13N3O2/c1-9(16)15-6-4-10(5-7-15)11-2-3-12(14-17)13-8-11/h2-4,8H,5-7H2,1H3. The Hall–Kier alpha value is -2.04. The first kappa shape index (κ1) is 11.4. The lowest BCUT2D eigenvalue weighted by Crippen LogP contribution is -2.32. The molecule has 1 aliphatic heterocycles. The fraction of sp³-hybridized carbons (Fsp3) is 0.333. The summed E-state index contributed by atoms with van der Waals surface area (Å²) in [5.74, 6) is 0.287. The highest BCUT2D eigenvalue weighted by molar-refractivity contribution is 5.76. The van der Waals surface area contributed by atoms with Crippen molar-refractivity contribution in [3.63, 3.8) is 0 Å². The molecule has 0 bridgehead atoms. The van der Waals surface area contributed by atoms with Gasteiger partial charge in [0, 0.05) is 26.2 Å². The Labute approximate surface area is 99.1 Å². The molecule has 0 unspecified atom stereocenters. The van der Waals surface area contributed by atoms with Crippen LogP contribution in [0.2, 0.25) is 0 Å². The summed E-state index contributed by atoms with van der Waals surface area (Å²) >= 11 is 0. The van der Waals surface area contributed by atoms with Crippen molar-refractivity contribution in [3.8, 4) is 0 Å². The molecule has 0 aromatic carbocycles. The van der Waals surface area contributed by atoms with E-state index >= 15 is 0 Å². The van der Waals surface area contributed by atoms with E-state index in [9.17, 15) is 9.70 Å². The maximum absolute atomic E-state index is 11.2. The van der Waals surface area contributed by atoms with Crippen LogP contribution in [0, 0.1) is 4.91 Å². The van der Waals surface area contributed by atoms with Crippen molar-refractivity contribution in [2.45, 2.75) is 13.3 Å². The maximum atomic E-state index is 11.2. The molecule has 0 aliphatic carbocycles. The van der Waals surface area contributed by atoms with Gasteiger partial charge >= 0.3 is 0 Å². The number of aromatic nitrogens is 1. The number of hydrogen-bond acceptors (Lipinski definition) is 4. The van der Waals surface area contributed by atoms with Crippen molar-refractivity contribution >= 4 is 17.3 Å². The number of rotatable bonds is 2. The van der Waals surface area contributed by atoms with E-state index in [1.807, 2.05) is 12.1 Å². The minimum absolute atomic E-state index is 0.0962. The van der Waals surface area contributed by atoms with E-state index in [1.54, 1.807) is 24.1 Å². The van der Waals surface area contributed by atoms with Crippen LogP contribution >= 0.6 is 0 Å². The summed E-state index contributed by atoms with van der Waals surface area (Å²) < 4.78 is 0. The van der Waals surface area contributed by atoms with Gasteiger partial charge in [-0.2, -0.15) is 0 Å². The van der Waals surface area contributed by atoms with Gasteiger partial charge in [0.2, 0.25) is 5.91 Å². The zero-order chi connectivity index (χ0) is 12.3. The molecule has 0 N–H and O–H groups in total. The third kappa shape index (κ3) is 2.55. The second kappa shape index (κ2) is 4.86. The largest absolute Gasteiger partial charge is 0.339 e. The molecule has 0 saturated carbocycles. The summed E-state index contributed by atoms with van der Waals surface area (Å²) in [5.41, 5.74) is 2.15. The third-order valence-electron chi connectivity index (χ3n) is 2.87. The van der Waals surface area contributed by atoms with Gasteiger partial charge in [-0.1, -0.05) is 6.08 Å². The average molecular weight is 231 g/mol. The van der Waals surface area contributed by atoms with E-state index in [0.29, 0.717) is 6.54 Å². The Morgan fingerprint density at radius 3 is 2.76 bits per heavy atom. The maximum Gasteiger partial charge on any atom is 0.219 e. The Morgan fingerprint density at radius 1 is 1.47 bits per heavy atom. The van der Waals surface area contributed by atoms with Crippen LogP contribution in [0.25, 0.3) is 5.57 Å². The van der Waals surface area contributed by atoms with E-state index in [-0.39, 0.29) is 11.7 Å². The van der Waals surface area contributed by atoms with Crippen molar-refractivity contribution in [3.05, 3.63) is 34.9 Å². The number of pyridine rings is 1. The first-order valence-electron chi connectivity index (χ1n) is 5.45. The second-order valence-corrected chi connectivity index (χ2v) is 3.94. The number of nitroso groups, excluding NO2 is 1. The Balaban J connectivity index is 2.13. The minimum atomic E-state index is 0.0962. The van der Waals surface area contributed by atoms with Gasteiger partial charge in [0.25, 0.3) is 0 Å². The lowest BCUT2D eigenvalue weighted by atomic mass is 10.0. The van der Waals surface area contributed by atoms with Crippen LogP contribution in [0.15, 0.2) is 29.6 Å². The zero-order valence-electron chi connectivity index (χ0n) is 9.59. The molecule has 0 fully saturated rings. The van der Waals surface area contributed by atoms with Crippen molar-refractivity contribution in [1.82, 2.24) is 9.88 Å². The minimum Gasteiger partial charge on any atom is -0.339 e. The predicted molar refractivity (Wildman–Crippen MR) is 64.5 cm³/mol. The summed E-state index contributed by atoms with van der Waals surface area (Å²) in [7, 11) is 0. The molecule has 2 heterocycles. The van der Waals surface area contributed by atoms with Crippen LogP contribution in [0.4, 0.5) is 5.82 Å². The van der Waals surface area contributed by atoms with Crippen LogP contribution in [-0.2, 0) is 4.79 Å². The molecule has 0 atom stereocenters. The summed E-state index contributed by atoms with van der Waals surface area (Å²) in [6.45, 7) is 2.94. The SMILES string of the molecule is CC(=O)N1CC=C(c2ccc(N=O)nc2)CC1. The van der Waals surface area contributed by atoms with Crippen molar-refractivity contribution in [2.75, 3.05) is 13.1 Å². The number of hydrogen-bond donors (Lipinski definition) is 0. The van der Waals surface area contributed by atoms with Crippen LogP contribution in [0.5, 0.6) is 0 Å². The smallest absolute Gasteiger partial charge is 0.219 e. The van der Waals surface area contributed by atoms with E-state index in [1.165, 1.54) is 0 Å². The van der Waals surface area contributed by atoms with E-state index in [2.05, 4.69) is 10.2 Å². The number of amides is 1. The fourth-order valence-electron chi connectivity index (χ4n) is 1.85. The molecule has 2 rings (SSSR count). The molecule has 0 spiro atoms. The molecular formula is C12H13N3O2. The molecule has 1 aromatic rings. The number of carbonyl (C=O) groups is 1. The first-order valence-corrected chi connectivity index (χ1v) is 5.45. The third-order valence-corrected chi connectivity index (χ3v) is 2.87. The fourth-order valence-corrected chi connectivity index (χ4v) is 1.85. The molecule has 1 aromatic heterocycles. The highest BCUT2D eigenvalue weighted by Crippen LogP contribution is 2.22. The van der Waals surface area contributed by atoms with Crippen molar-refractivity contribution in [1.29, 1.82) is 0 Å². The first-order chi connectivity index (χ1) is 8.20.